The maximum Gasteiger partial charge on any atom is 0.249 e. The number of halogens is 4. The topological polar surface area (TPSA) is 30.4 Å². The molecule has 2 rings (SSSR count). The highest BCUT2D eigenvalue weighted by Gasteiger charge is 2.46. The van der Waals surface area contributed by atoms with Gasteiger partial charge in [-0.2, -0.15) is 0 Å². The Hall–Kier alpha value is -0.830. The minimum atomic E-state index is -2.45. The molecule has 0 unspecified atom stereocenters. The molecular formula is C13H22F4N2. The molecule has 0 amide bonds. The number of hydrogen-bond acceptors (Lipinski definition) is 1. The van der Waals surface area contributed by atoms with Crippen molar-refractivity contribution in [3.63, 3.8) is 0 Å². The molecule has 112 valence electrons. The SMILES string of the molecule is C.NCCC1CC(F)(F)C1.[C-]#[N+]CC1CC(F)(F)C1. The van der Waals surface area contributed by atoms with Gasteiger partial charge in [-0.3, -0.25) is 0 Å². The first-order valence-corrected chi connectivity index (χ1v) is 6.07. The third-order valence-corrected chi connectivity index (χ3v) is 3.27. The van der Waals surface area contributed by atoms with Crippen molar-refractivity contribution in [2.75, 3.05) is 13.1 Å². The Bertz CT molecular complexity index is 296. The molecule has 2 nitrogen and oxygen atoms in total. The number of nitrogens with zero attached hydrogens (tertiary/aromatic N) is 1. The van der Waals surface area contributed by atoms with Gasteiger partial charge in [0.05, 0.1) is 0 Å². The van der Waals surface area contributed by atoms with E-state index < -0.39 is 11.8 Å². The average molecular weight is 282 g/mol. The van der Waals surface area contributed by atoms with E-state index in [4.69, 9.17) is 12.3 Å². The summed E-state index contributed by atoms with van der Waals surface area (Å²) in [5, 5.41) is 0. The van der Waals surface area contributed by atoms with Crippen LogP contribution < -0.4 is 5.73 Å². The molecule has 0 radical (unpaired) electrons. The molecule has 0 bridgehead atoms. The smallest absolute Gasteiger partial charge is 0.249 e. The number of nitrogens with two attached hydrogens (primary N) is 1. The maximum absolute atomic E-state index is 12.1. The van der Waals surface area contributed by atoms with Crippen molar-refractivity contribution in [2.24, 2.45) is 17.6 Å². The van der Waals surface area contributed by atoms with Crippen LogP contribution in [-0.2, 0) is 0 Å². The molecule has 2 N–H and O–H groups in total. The van der Waals surface area contributed by atoms with E-state index in [-0.39, 0.29) is 51.5 Å². The van der Waals surface area contributed by atoms with E-state index >= 15 is 0 Å². The van der Waals surface area contributed by atoms with Crippen molar-refractivity contribution in [2.45, 2.75) is 51.4 Å². The molecule has 0 aromatic carbocycles. The molecule has 2 aliphatic carbocycles. The first kappa shape index (κ1) is 18.2. The van der Waals surface area contributed by atoms with Crippen LogP contribution in [0.1, 0.15) is 39.5 Å². The summed E-state index contributed by atoms with van der Waals surface area (Å²) in [7, 11) is 0. The zero-order valence-electron chi connectivity index (χ0n) is 10.1. The zero-order valence-corrected chi connectivity index (χ0v) is 10.1. The first-order chi connectivity index (χ1) is 8.28. The molecule has 0 heterocycles. The van der Waals surface area contributed by atoms with E-state index in [1.165, 1.54) is 0 Å². The van der Waals surface area contributed by atoms with Crippen molar-refractivity contribution in [1.82, 2.24) is 0 Å². The van der Waals surface area contributed by atoms with Gasteiger partial charge in [-0.15, -0.1) is 0 Å². The summed E-state index contributed by atoms with van der Waals surface area (Å²) in [5.41, 5.74) is 5.18. The van der Waals surface area contributed by atoms with Gasteiger partial charge in [0.25, 0.3) is 0 Å². The third kappa shape index (κ3) is 6.24. The Morgan fingerprint density at radius 2 is 1.42 bits per heavy atom. The Balaban J connectivity index is 0.000000324. The molecule has 2 fully saturated rings. The largest absolute Gasteiger partial charge is 0.330 e. The highest BCUT2D eigenvalue weighted by atomic mass is 19.3. The second kappa shape index (κ2) is 7.09. The zero-order chi connectivity index (χ0) is 13.8. The van der Waals surface area contributed by atoms with Crippen LogP contribution in [0.5, 0.6) is 0 Å². The fourth-order valence-corrected chi connectivity index (χ4v) is 2.27. The van der Waals surface area contributed by atoms with Gasteiger partial charge >= 0.3 is 0 Å². The summed E-state index contributed by atoms with van der Waals surface area (Å²) >= 11 is 0. The lowest BCUT2D eigenvalue weighted by atomic mass is 9.79. The van der Waals surface area contributed by atoms with Gasteiger partial charge in [-0.05, 0) is 18.9 Å². The molecule has 2 aliphatic rings. The van der Waals surface area contributed by atoms with Gasteiger partial charge < -0.3 is 10.6 Å². The van der Waals surface area contributed by atoms with Crippen molar-refractivity contribution in [3.05, 3.63) is 11.4 Å². The normalized spacial score (nSPS) is 23.8. The Labute approximate surface area is 112 Å². The molecule has 0 atom stereocenters. The Morgan fingerprint density at radius 3 is 1.74 bits per heavy atom. The molecule has 6 heteroatoms. The minimum absolute atomic E-state index is 0. The van der Waals surface area contributed by atoms with Crippen LogP contribution in [0.25, 0.3) is 4.85 Å². The van der Waals surface area contributed by atoms with Crippen molar-refractivity contribution >= 4 is 0 Å². The second-order valence-corrected chi connectivity index (χ2v) is 5.18. The van der Waals surface area contributed by atoms with E-state index in [0.717, 1.165) is 6.42 Å². The van der Waals surface area contributed by atoms with Gasteiger partial charge in [0.15, 0.2) is 0 Å². The van der Waals surface area contributed by atoms with Gasteiger partial charge in [-0.25, -0.2) is 24.1 Å². The maximum atomic E-state index is 12.1. The lowest BCUT2D eigenvalue weighted by Crippen LogP contribution is -2.36. The fraction of sp³-hybridized carbons (Fsp3) is 0.923. The standard InChI is InChI=1S/C6H7F2N.C6H11F2N.CH4/c1-9-4-5-2-6(7,8)3-5;7-6(8)3-5(4-6)1-2-9;/h5H,2-4H2;5H,1-4,9H2;1H4. The number of hydrogen-bond donors (Lipinski definition) is 1. The van der Waals surface area contributed by atoms with Gasteiger partial charge in [0, 0.05) is 31.6 Å². The van der Waals surface area contributed by atoms with E-state index in [9.17, 15) is 17.6 Å². The summed E-state index contributed by atoms with van der Waals surface area (Å²) < 4.78 is 48.2. The molecular weight excluding hydrogens is 260 g/mol. The van der Waals surface area contributed by atoms with E-state index in [0.29, 0.717) is 6.54 Å². The fourth-order valence-electron chi connectivity index (χ4n) is 2.27. The van der Waals surface area contributed by atoms with Crippen LogP contribution in [0.15, 0.2) is 0 Å². The Kier molecular flexibility index (Phi) is 6.78. The third-order valence-electron chi connectivity index (χ3n) is 3.27. The minimum Gasteiger partial charge on any atom is -0.330 e. The predicted molar refractivity (Wildman–Crippen MR) is 67.2 cm³/mol. The molecule has 2 saturated carbocycles. The van der Waals surface area contributed by atoms with Crippen LogP contribution in [0.2, 0.25) is 0 Å². The summed E-state index contributed by atoms with van der Waals surface area (Å²) in [6.07, 6.45) is 0.731. The lowest BCUT2D eigenvalue weighted by Gasteiger charge is -2.34. The van der Waals surface area contributed by atoms with Crippen LogP contribution in [-0.4, -0.2) is 24.9 Å². The average Bonchev–Trinajstić information content (AvgIpc) is 2.14. The lowest BCUT2D eigenvalue weighted by molar-refractivity contribution is -0.111. The van der Waals surface area contributed by atoms with Gasteiger partial charge in [-0.1, -0.05) is 7.43 Å². The number of alkyl halides is 4. The van der Waals surface area contributed by atoms with Crippen molar-refractivity contribution < 1.29 is 17.6 Å². The van der Waals surface area contributed by atoms with Crippen LogP contribution in [0, 0.1) is 18.4 Å². The molecule has 0 aliphatic heterocycles. The van der Waals surface area contributed by atoms with Crippen molar-refractivity contribution in [1.29, 1.82) is 0 Å². The van der Waals surface area contributed by atoms with E-state index in [1.54, 1.807) is 0 Å². The molecule has 0 aromatic rings. The molecule has 19 heavy (non-hydrogen) atoms. The van der Waals surface area contributed by atoms with Gasteiger partial charge in [0.1, 0.15) is 0 Å². The summed E-state index contributed by atoms with van der Waals surface area (Å²) in [5.74, 6) is -4.64. The highest BCUT2D eigenvalue weighted by molar-refractivity contribution is 4.89. The van der Waals surface area contributed by atoms with Crippen LogP contribution in [0.4, 0.5) is 17.6 Å². The van der Waals surface area contributed by atoms with Gasteiger partial charge in [0.2, 0.25) is 18.4 Å². The number of rotatable bonds is 3. The summed E-state index contributed by atoms with van der Waals surface area (Å²) in [4.78, 5) is 3.04. The van der Waals surface area contributed by atoms with E-state index in [2.05, 4.69) is 4.85 Å². The van der Waals surface area contributed by atoms with Crippen LogP contribution >= 0.6 is 0 Å². The Morgan fingerprint density at radius 1 is 1.00 bits per heavy atom. The molecule has 0 saturated heterocycles. The first-order valence-electron chi connectivity index (χ1n) is 6.07. The van der Waals surface area contributed by atoms with E-state index in [1.807, 2.05) is 0 Å². The monoisotopic (exact) mass is 282 g/mol. The quantitative estimate of drug-likeness (QED) is 0.616. The summed E-state index contributed by atoms with van der Waals surface area (Å²) in [6, 6.07) is 0. The predicted octanol–water partition coefficient (Wildman–Crippen LogP) is 3.97. The molecule has 0 aromatic heterocycles. The van der Waals surface area contributed by atoms with Crippen LogP contribution in [0.3, 0.4) is 0 Å². The molecule has 0 spiro atoms. The van der Waals surface area contributed by atoms with Crippen molar-refractivity contribution in [3.8, 4) is 0 Å². The second-order valence-electron chi connectivity index (χ2n) is 5.18. The highest BCUT2D eigenvalue weighted by Crippen LogP contribution is 2.43. The summed E-state index contributed by atoms with van der Waals surface area (Å²) in [6.45, 7) is 7.20.